The topological polar surface area (TPSA) is 58.7 Å². The van der Waals surface area contributed by atoms with Crippen LogP contribution in [0.5, 0.6) is 0 Å². The van der Waals surface area contributed by atoms with Gasteiger partial charge in [0.2, 0.25) is 0 Å². The lowest BCUT2D eigenvalue weighted by Gasteiger charge is -2.41. The molecule has 2 rings (SSSR count). The van der Waals surface area contributed by atoms with Crippen LogP contribution in [0.25, 0.3) is 0 Å². The Labute approximate surface area is 106 Å². The maximum Gasteiger partial charge on any atom is 0.303 e. The van der Waals surface area contributed by atoms with E-state index in [-0.39, 0.29) is 16.8 Å². The maximum atomic E-state index is 11.0. The Hall–Kier alpha value is -1.95. The van der Waals surface area contributed by atoms with Crippen molar-refractivity contribution in [2.24, 2.45) is 4.99 Å². The molecule has 1 unspecified atom stereocenters. The van der Waals surface area contributed by atoms with Crippen LogP contribution in [0.3, 0.4) is 0 Å². The number of rotatable bonds is 2. The van der Waals surface area contributed by atoms with Gasteiger partial charge >= 0.3 is 5.96 Å². The van der Waals surface area contributed by atoms with Gasteiger partial charge in [-0.25, -0.2) is 0 Å². The van der Waals surface area contributed by atoms with Crippen molar-refractivity contribution in [2.75, 3.05) is 28.2 Å². The summed E-state index contributed by atoms with van der Waals surface area (Å²) in [6.45, 7) is 0. The summed E-state index contributed by atoms with van der Waals surface area (Å²) >= 11 is 0. The highest BCUT2D eigenvalue weighted by atomic mass is 16.6. The van der Waals surface area contributed by atoms with Crippen LogP contribution in [0.15, 0.2) is 29.3 Å². The molecule has 1 atom stereocenters. The first-order valence-corrected chi connectivity index (χ1v) is 5.68. The van der Waals surface area contributed by atoms with E-state index < -0.39 is 0 Å². The Kier molecular flexibility index (Phi) is 2.82. The highest BCUT2D eigenvalue weighted by Crippen LogP contribution is 2.36. The van der Waals surface area contributed by atoms with Gasteiger partial charge in [-0.05, 0) is 6.07 Å². The van der Waals surface area contributed by atoms with Crippen LogP contribution < -0.4 is 0 Å². The molecule has 1 aliphatic heterocycles. The van der Waals surface area contributed by atoms with Gasteiger partial charge in [0.15, 0.2) is 6.17 Å². The summed E-state index contributed by atoms with van der Waals surface area (Å²) in [5.41, 5.74) is 0.765. The van der Waals surface area contributed by atoms with E-state index in [2.05, 4.69) is 4.99 Å². The molecule has 0 saturated heterocycles. The summed E-state index contributed by atoms with van der Waals surface area (Å²) in [5.74, 6) is 0.915. The van der Waals surface area contributed by atoms with Crippen molar-refractivity contribution in [1.29, 1.82) is 0 Å². The maximum absolute atomic E-state index is 11.0. The van der Waals surface area contributed by atoms with Crippen molar-refractivity contribution in [2.45, 2.75) is 6.17 Å². The average Bonchev–Trinajstić information content (AvgIpc) is 2.25. The standard InChI is InChI=1S/C12H17N4O2/c1-14-11(13-12(14)16(2,3)4)9-7-5-6-8-10(9)15(17)18/h5-8,11H,1-4H3/q+1. The molecule has 6 nitrogen and oxygen atoms in total. The van der Waals surface area contributed by atoms with Gasteiger partial charge in [-0.15, -0.1) is 0 Å². The fourth-order valence-electron chi connectivity index (χ4n) is 2.14. The number of aliphatic imine (C=N–C) groups is 1. The molecule has 1 heterocycles. The molecule has 1 aromatic carbocycles. The molecule has 0 spiro atoms. The van der Waals surface area contributed by atoms with Crippen LogP contribution in [0.2, 0.25) is 0 Å². The van der Waals surface area contributed by atoms with Crippen LogP contribution >= 0.6 is 0 Å². The van der Waals surface area contributed by atoms with Crippen LogP contribution in [0.4, 0.5) is 5.69 Å². The van der Waals surface area contributed by atoms with Gasteiger partial charge in [-0.2, -0.15) is 4.99 Å². The molecule has 96 valence electrons. The molecule has 0 N–H and O–H groups in total. The van der Waals surface area contributed by atoms with Gasteiger partial charge in [0.05, 0.1) is 31.6 Å². The van der Waals surface area contributed by atoms with E-state index in [9.17, 15) is 10.1 Å². The Balaban J connectivity index is 2.37. The van der Waals surface area contributed by atoms with Crippen LogP contribution in [0, 0.1) is 10.1 Å². The lowest BCUT2D eigenvalue weighted by Crippen LogP contribution is -2.56. The van der Waals surface area contributed by atoms with E-state index in [1.807, 2.05) is 33.1 Å². The molecule has 0 fully saturated rings. The molecule has 0 aromatic heterocycles. The normalized spacial score (nSPS) is 19.2. The molecule has 0 bridgehead atoms. The minimum absolute atomic E-state index is 0.124. The number of nitro groups is 1. The Bertz CT molecular complexity index is 519. The summed E-state index contributed by atoms with van der Waals surface area (Å²) in [6.07, 6.45) is -0.251. The van der Waals surface area contributed by atoms with Crippen LogP contribution in [-0.2, 0) is 0 Å². The van der Waals surface area contributed by atoms with Crippen molar-refractivity contribution < 1.29 is 9.41 Å². The van der Waals surface area contributed by atoms with Crippen molar-refractivity contribution in [3.05, 3.63) is 39.9 Å². The first-order chi connectivity index (χ1) is 8.32. The lowest BCUT2D eigenvalue weighted by atomic mass is 10.1. The van der Waals surface area contributed by atoms with E-state index in [4.69, 9.17) is 0 Å². The molecule has 6 heteroatoms. The van der Waals surface area contributed by atoms with Crippen LogP contribution in [0.1, 0.15) is 11.7 Å². The smallest absolute Gasteiger partial charge is 0.287 e. The number of benzene rings is 1. The zero-order valence-electron chi connectivity index (χ0n) is 11.0. The highest BCUT2D eigenvalue weighted by Gasteiger charge is 2.40. The molecule has 1 aromatic rings. The largest absolute Gasteiger partial charge is 0.303 e. The van der Waals surface area contributed by atoms with Gasteiger partial charge in [-0.1, -0.05) is 12.1 Å². The minimum Gasteiger partial charge on any atom is -0.287 e. The second-order valence-electron chi connectivity index (χ2n) is 5.24. The Morgan fingerprint density at radius 1 is 1.33 bits per heavy atom. The average molecular weight is 249 g/mol. The third-order valence-corrected chi connectivity index (χ3v) is 2.93. The van der Waals surface area contributed by atoms with E-state index in [0.717, 1.165) is 5.96 Å². The third kappa shape index (κ3) is 1.95. The van der Waals surface area contributed by atoms with Gasteiger partial charge in [0.1, 0.15) is 0 Å². The first kappa shape index (κ1) is 12.5. The van der Waals surface area contributed by atoms with E-state index in [0.29, 0.717) is 10.0 Å². The van der Waals surface area contributed by atoms with Crippen LogP contribution in [-0.4, -0.2) is 48.5 Å². The Morgan fingerprint density at radius 2 is 1.94 bits per heavy atom. The summed E-state index contributed by atoms with van der Waals surface area (Å²) in [4.78, 5) is 17.1. The van der Waals surface area contributed by atoms with Gasteiger partial charge in [0, 0.05) is 13.1 Å². The molecule has 1 aliphatic rings. The number of para-hydroxylation sites is 1. The quantitative estimate of drug-likeness (QED) is 0.454. The van der Waals surface area contributed by atoms with E-state index in [1.54, 1.807) is 18.2 Å². The zero-order valence-corrected chi connectivity index (χ0v) is 11.0. The van der Waals surface area contributed by atoms with Gasteiger partial charge in [0.25, 0.3) is 5.69 Å². The molecule has 0 aliphatic carbocycles. The number of hydrogen-bond acceptors (Lipinski definition) is 4. The number of quaternary nitrogens is 1. The number of nitro benzene ring substituents is 1. The zero-order chi connectivity index (χ0) is 13.5. The highest BCUT2D eigenvalue weighted by molar-refractivity contribution is 5.78. The monoisotopic (exact) mass is 249 g/mol. The second kappa shape index (κ2) is 4.06. The first-order valence-electron chi connectivity index (χ1n) is 5.68. The lowest BCUT2D eigenvalue weighted by molar-refractivity contribution is -0.785. The number of hydrogen-bond donors (Lipinski definition) is 0. The Morgan fingerprint density at radius 3 is 2.44 bits per heavy atom. The summed E-state index contributed by atoms with van der Waals surface area (Å²) in [6, 6.07) is 6.75. The van der Waals surface area contributed by atoms with E-state index >= 15 is 0 Å². The van der Waals surface area contributed by atoms with Crippen molar-refractivity contribution in [1.82, 2.24) is 4.90 Å². The van der Waals surface area contributed by atoms with Gasteiger partial charge < -0.3 is 0 Å². The molecule has 0 amide bonds. The summed E-state index contributed by atoms with van der Waals surface area (Å²) in [7, 11) is 7.97. The molecule has 0 saturated carbocycles. The third-order valence-electron chi connectivity index (χ3n) is 2.93. The SMILES string of the molecule is CN1C([N+](C)(C)C)=NC1c1ccccc1[N+](=O)[O-]. The molecular formula is C12H17N4O2+. The second-order valence-corrected chi connectivity index (χ2v) is 5.24. The number of guanidine groups is 1. The predicted octanol–water partition coefficient (Wildman–Crippen LogP) is 1.60. The summed E-state index contributed by atoms with van der Waals surface area (Å²) in [5, 5.41) is 11.0. The predicted molar refractivity (Wildman–Crippen MR) is 69.1 cm³/mol. The van der Waals surface area contributed by atoms with Crippen molar-refractivity contribution in [3.8, 4) is 0 Å². The molecular weight excluding hydrogens is 232 g/mol. The molecule has 18 heavy (non-hydrogen) atoms. The summed E-state index contributed by atoms with van der Waals surface area (Å²) < 4.78 is 0.605. The minimum atomic E-state index is -0.358. The molecule has 0 radical (unpaired) electrons. The van der Waals surface area contributed by atoms with Crippen molar-refractivity contribution in [3.63, 3.8) is 0 Å². The van der Waals surface area contributed by atoms with Gasteiger partial charge in [-0.3, -0.25) is 19.5 Å². The number of nitrogens with zero attached hydrogens (tertiary/aromatic N) is 4. The van der Waals surface area contributed by atoms with E-state index in [1.165, 1.54) is 6.07 Å². The van der Waals surface area contributed by atoms with Crippen molar-refractivity contribution >= 4 is 11.6 Å². The fourth-order valence-corrected chi connectivity index (χ4v) is 2.14. The fraction of sp³-hybridized carbons (Fsp3) is 0.417.